The van der Waals surface area contributed by atoms with Crippen LogP contribution in [0.3, 0.4) is 0 Å². The minimum atomic E-state index is -3.52. The number of benzene rings is 1. The average molecular weight is 408 g/mol. The summed E-state index contributed by atoms with van der Waals surface area (Å²) in [7, 11) is -2.19. The minimum absolute atomic E-state index is 0.145. The molecule has 10 heteroatoms. The Kier molecular flexibility index (Phi) is 5.49. The maximum Gasteiger partial charge on any atom is 0.244 e. The smallest absolute Gasteiger partial charge is 0.244 e. The topological polar surface area (TPSA) is 83.5 Å². The van der Waals surface area contributed by atoms with Crippen molar-refractivity contribution in [3.05, 3.63) is 54.1 Å². The summed E-state index contributed by atoms with van der Waals surface area (Å²) >= 11 is 1.17. The maximum absolute atomic E-state index is 14.0. The standard InChI is InChI=1S/C17H17FN4O3S2/c1-21(27(2,24)25)11-15(23)22(10-12-5-4-8-19-9-12)17-20-16-13(18)6-3-7-14(16)26-17/h3-9H,10-11H2,1-2H3. The van der Waals surface area contributed by atoms with E-state index in [1.54, 1.807) is 36.7 Å². The summed E-state index contributed by atoms with van der Waals surface area (Å²) in [6.45, 7) is -0.205. The van der Waals surface area contributed by atoms with E-state index in [9.17, 15) is 17.6 Å². The van der Waals surface area contributed by atoms with Crippen molar-refractivity contribution in [3.63, 3.8) is 0 Å². The van der Waals surface area contributed by atoms with Crippen LogP contribution in [0.1, 0.15) is 5.56 Å². The Labute approximate surface area is 160 Å². The zero-order valence-electron chi connectivity index (χ0n) is 14.7. The fourth-order valence-electron chi connectivity index (χ4n) is 2.35. The Balaban J connectivity index is 1.98. The molecule has 142 valence electrons. The molecular weight excluding hydrogens is 391 g/mol. The van der Waals surface area contributed by atoms with E-state index in [0.717, 1.165) is 16.1 Å². The molecule has 1 aromatic carbocycles. The molecule has 3 aromatic rings. The van der Waals surface area contributed by atoms with Gasteiger partial charge in [-0.3, -0.25) is 14.7 Å². The van der Waals surface area contributed by atoms with Gasteiger partial charge in [0, 0.05) is 19.4 Å². The van der Waals surface area contributed by atoms with Gasteiger partial charge in [-0.25, -0.2) is 17.8 Å². The molecule has 0 aliphatic carbocycles. The van der Waals surface area contributed by atoms with E-state index < -0.39 is 21.7 Å². The van der Waals surface area contributed by atoms with Crippen LogP contribution in [0, 0.1) is 5.82 Å². The minimum Gasteiger partial charge on any atom is -0.282 e. The van der Waals surface area contributed by atoms with E-state index in [1.165, 1.54) is 29.4 Å². The van der Waals surface area contributed by atoms with E-state index in [-0.39, 0.29) is 18.6 Å². The summed E-state index contributed by atoms with van der Waals surface area (Å²) in [6, 6.07) is 8.12. The first kappa shape index (κ1) is 19.3. The first-order valence-corrected chi connectivity index (χ1v) is 10.6. The molecule has 0 radical (unpaired) electrons. The van der Waals surface area contributed by atoms with Crippen molar-refractivity contribution in [2.75, 3.05) is 24.7 Å². The van der Waals surface area contributed by atoms with Crippen molar-refractivity contribution in [2.45, 2.75) is 6.54 Å². The molecule has 0 saturated heterocycles. The molecule has 0 aliphatic heterocycles. The number of pyridine rings is 1. The lowest BCUT2D eigenvalue weighted by atomic mass is 10.2. The second-order valence-corrected chi connectivity index (χ2v) is 9.04. The molecule has 3 rings (SSSR count). The number of para-hydroxylation sites is 1. The van der Waals surface area contributed by atoms with Crippen LogP contribution in [-0.2, 0) is 21.4 Å². The number of likely N-dealkylation sites (N-methyl/N-ethyl adjacent to an activating group) is 1. The molecule has 2 aromatic heterocycles. The second kappa shape index (κ2) is 7.67. The average Bonchev–Trinajstić information content (AvgIpc) is 3.05. The Morgan fingerprint density at radius 1 is 1.26 bits per heavy atom. The van der Waals surface area contributed by atoms with Gasteiger partial charge in [-0.15, -0.1) is 0 Å². The van der Waals surface area contributed by atoms with Gasteiger partial charge in [-0.05, 0) is 23.8 Å². The highest BCUT2D eigenvalue weighted by Crippen LogP contribution is 2.31. The molecular formula is C17H17FN4O3S2. The summed E-state index contributed by atoms with van der Waals surface area (Å²) in [5.74, 6) is -0.941. The Morgan fingerprint density at radius 3 is 2.67 bits per heavy atom. The number of hydrogen-bond donors (Lipinski definition) is 0. The lowest BCUT2D eigenvalue weighted by molar-refractivity contribution is -0.118. The van der Waals surface area contributed by atoms with Gasteiger partial charge >= 0.3 is 0 Å². The number of carbonyl (C=O) groups excluding carboxylic acids is 1. The zero-order chi connectivity index (χ0) is 19.6. The largest absolute Gasteiger partial charge is 0.282 e. The van der Waals surface area contributed by atoms with E-state index in [4.69, 9.17) is 0 Å². The molecule has 7 nitrogen and oxygen atoms in total. The van der Waals surface area contributed by atoms with Crippen LogP contribution >= 0.6 is 11.3 Å². The molecule has 2 heterocycles. The summed E-state index contributed by atoms with van der Waals surface area (Å²) in [5.41, 5.74) is 0.922. The van der Waals surface area contributed by atoms with Crippen LogP contribution in [0.5, 0.6) is 0 Å². The van der Waals surface area contributed by atoms with Gasteiger partial charge in [0.15, 0.2) is 5.13 Å². The zero-order valence-corrected chi connectivity index (χ0v) is 16.3. The van der Waals surface area contributed by atoms with Crippen LogP contribution in [0.4, 0.5) is 9.52 Å². The van der Waals surface area contributed by atoms with E-state index in [1.807, 2.05) is 0 Å². The normalized spacial score (nSPS) is 11.9. The predicted molar refractivity (Wildman–Crippen MR) is 102 cm³/mol. The van der Waals surface area contributed by atoms with Crippen molar-refractivity contribution in [2.24, 2.45) is 0 Å². The van der Waals surface area contributed by atoms with Gasteiger partial charge < -0.3 is 0 Å². The van der Waals surface area contributed by atoms with Gasteiger partial charge in [-0.1, -0.05) is 23.5 Å². The van der Waals surface area contributed by atoms with Crippen LogP contribution in [0.25, 0.3) is 10.2 Å². The fourth-order valence-corrected chi connectivity index (χ4v) is 3.69. The van der Waals surface area contributed by atoms with Crippen LogP contribution in [0.2, 0.25) is 0 Å². The molecule has 0 atom stereocenters. The van der Waals surface area contributed by atoms with Crippen molar-refractivity contribution in [3.8, 4) is 0 Å². The molecule has 0 N–H and O–H groups in total. The Bertz CT molecular complexity index is 1070. The quantitative estimate of drug-likeness (QED) is 0.625. The molecule has 0 fully saturated rings. The number of sulfonamides is 1. The second-order valence-electron chi connectivity index (χ2n) is 5.94. The molecule has 0 unspecified atom stereocenters. The highest BCUT2D eigenvalue weighted by Gasteiger charge is 2.24. The Morgan fingerprint density at radius 2 is 2.04 bits per heavy atom. The third kappa shape index (κ3) is 4.46. The van der Waals surface area contributed by atoms with E-state index in [2.05, 4.69) is 9.97 Å². The van der Waals surface area contributed by atoms with Crippen LogP contribution < -0.4 is 4.90 Å². The van der Waals surface area contributed by atoms with E-state index in [0.29, 0.717) is 9.83 Å². The van der Waals surface area contributed by atoms with Gasteiger partial charge in [0.05, 0.1) is 24.0 Å². The molecule has 0 spiro atoms. The Hall–Kier alpha value is -2.43. The van der Waals surface area contributed by atoms with Crippen molar-refractivity contribution >= 4 is 42.6 Å². The molecule has 0 bridgehead atoms. The first-order valence-electron chi connectivity index (χ1n) is 7.91. The number of fused-ring (bicyclic) bond motifs is 1. The number of amides is 1. The van der Waals surface area contributed by atoms with Crippen molar-refractivity contribution in [1.82, 2.24) is 14.3 Å². The van der Waals surface area contributed by atoms with Gasteiger partial charge in [0.2, 0.25) is 15.9 Å². The summed E-state index contributed by atoms with van der Waals surface area (Å²) in [4.78, 5) is 22.5. The third-order valence-electron chi connectivity index (χ3n) is 3.88. The highest BCUT2D eigenvalue weighted by molar-refractivity contribution is 7.88. The van der Waals surface area contributed by atoms with Crippen LogP contribution in [-0.4, -0.2) is 48.4 Å². The number of hydrogen-bond acceptors (Lipinski definition) is 6. The van der Waals surface area contributed by atoms with Crippen LogP contribution in [0.15, 0.2) is 42.7 Å². The van der Waals surface area contributed by atoms with Gasteiger partial charge in [0.1, 0.15) is 11.3 Å². The predicted octanol–water partition coefficient (Wildman–Crippen LogP) is 2.25. The fraction of sp³-hybridized carbons (Fsp3) is 0.235. The lowest BCUT2D eigenvalue weighted by Gasteiger charge is -2.22. The third-order valence-corrected chi connectivity index (χ3v) is 6.18. The van der Waals surface area contributed by atoms with Crippen molar-refractivity contribution < 1.29 is 17.6 Å². The van der Waals surface area contributed by atoms with Gasteiger partial charge in [-0.2, -0.15) is 4.31 Å². The number of carbonyl (C=O) groups is 1. The number of thiazole rings is 1. The molecule has 0 saturated carbocycles. The summed E-state index contributed by atoms with van der Waals surface area (Å²) in [5, 5.41) is 0.297. The number of nitrogens with zero attached hydrogens (tertiary/aromatic N) is 4. The highest BCUT2D eigenvalue weighted by atomic mass is 32.2. The molecule has 1 amide bonds. The lowest BCUT2D eigenvalue weighted by Crippen LogP contribution is -2.40. The maximum atomic E-state index is 14.0. The van der Waals surface area contributed by atoms with Gasteiger partial charge in [0.25, 0.3) is 0 Å². The number of rotatable bonds is 6. The number of anilines is 1. The first-order chi connectivity index (χ1) is 12.8. The summed E-state index contributed by atoms with van der Waals surface area (Å²) in [6.07, 6.45) is 4.24. The SMILES string of the molecule is CN(CC(=O)N(Cc1cccnc1)c1nc2c(F)cccc2s1)S(C)(=O)=O. The number of aromatic nitrogens is 2. The molecule has 0 aliphatic rings. The van der Waals surface area contributed by atoms with Crippen molar-refractivity contribution in [1.29, 1.82) is 0 Å². The summed E-state index contributed by atoms with van der Waals surface area (Å²) < 4.78 is 38.9. The molecule has 27 heavy (non-hydrogen) atoms. The monoisotopic (exact) mass is 408 g/mol. The number of halogens is 1. The van der Waals surface area contributed by atoms with E-state index >= 15 is 0 Å².